The average Bonchev–Trinajstić information content (AvgIpc) is 2.47. The van der Waals surface area contributed by atoms with Gasteiger partial charge in [0.2, 0.25) is 0 Å². The number of hydrogen-bond donors (Lipinski definition) is 1. The first-order chi connectivity index (χ1) is 10.2. The van der Waals surface area contributed by atoms with E-state index in [0.717, 1.165) is 19.3 Å². The van der Waals surface area contributed by atoms with Crippen LogP contribution in [-0.4, -0.2) is 24.3 Å². The normalized spacial score (nSPS) is 12.9. The topological polar surface area (TPSA) is 46.5 Å². The van der Waals surface area contributed by atoms with Gasteiger partial charge in [-0.2, -0.15) is 0 Å². The van der Waals surface area contributed by atoms with Gasteiger partial charge in [0, 0.05) is 7.11 Å². The monoisotopic (exact) mass is 298 g/mol. The van der Waals surface area contributed by atoms with Crippen molar-refractivity contribution in [3.63, 3.8) is 0 Å². The molecular formula is C18H34O3. The molecule has 0 aliphatic heterocycles. The zero-order chi connectivity index (χ0) is 15.8. The standard InChI is InChI=1S/C18H34O3/c1-3-4-5-6-7-8-9-10-11-12-13-14-15-16-17(21-2)18(19)20/h12-13,17H,3-11,14-16H2,1-2H3,(H,19,20)/b13-12-. The van der Waals surface area contributed by atoms with Crippen molar-refractivity contribution in [1.29, 1.82) is 0 Å². The second-order valence-electron chi connectivity index (χ2n) is 5.73. The number of allylic oxidation sites excluding steroid dienone is 2. The summed E-state index contributed by atoms with van der Waals surface area (Å²) in [5.41, 5.74) is 0. The highest BCUT2D eigenvalue weighted by molar-refractivity contribution is 5.72. The number of hydrogen-bond acceptors (Lipinski definition) is 2. The quantitative estimate of drug-likeness (QED) is 0.328. The van der Waals surface area contributed by atoms with Crippen LogP contribution < -0.4 is 0 Å². The van der Waals surface area contributed by atoms with Gasteiger partial charge in [-0.15, -0.1) is 0 Å². The van der Waals surface area contributed by atoms with Gasteiger partial charge in [-0.3, -0.25) is 0 Å². The van der Waals surface area contributed by atoms with E-state index >= 15 is 0 Å². The Morgan fingerprint density at radius 1 is 0.952 bits per heavy atom. The molecule has 0 bridgehead atoms. The number of carboxylic acid groups (broad SMARTS) is 1. The van der Waals surface area contributed by atoms with E-state index in [-0.39, 0.29) is 0 Å². The Hall–Kier alpha value is -0.830. The van der Waals surface area contributed by atoms with E-state index in [0.29, 0.717) is 6.42 Å². The van der Waals surface area contributed by atoms with Crippen molar-refractivity contribution >= 4 is 5.97 Å². The number of aliphatic carboxylic acids is 1. The summed E-state index contributed by atoms with van der Waals surface area (Å²) < 4.78 is 4.90. The Labute approximate surface area is 130 Å². The van der Waals surface area contributed by atoms with Crippen LogP contribution in [0.1, 0.15) is 84.0 Å². The van der Waals surface area contributed by atoms with Crippen LogP contribution >= 0.6 is 0 Å². The first kappa shape index (κ1) is 20.2. The van der Waals surface area contributed by atoms with Crippen LogP contribution in [0.25, 0.3) is 0 Å². The van der Waals surface area contributed by atoms with Crippen LogP contribution in [0.3, 0.4) is 0 Å². The first-order valence-corrected chi connectivity index (χ1v) is 8.63. The van der Waals surface area contributed by atoms with Crippen LogP contribution in [0.2, 0.25) is 0 Å². The van der Waals surface area contributed by atoms with Gasteiger partial charge in [-0.05, 0) is 32.1 Å². The summed E-state index contributed by atoms with van der Waals surface area (Å²) in [6.45, 7) is 2.25. The summed E-state index contributed by atoms with van der Waals surface area (Å²) in [5, 5.41) is 8.82. The van der Waals surface area contributed by atoms with E-state index in [2.05, 4.69) is 19.1 Å². The molecule has 0 aromatic heterocycles. The van der Waals surface area contributed by atoms with Crippen molar-refractivity contribution in [3.8, 4) is 0 Å². The van der Waals surface area contributed by atoms with Crippen molar-refractivity contribution in [2.45, 2.75) is 90.1 Å². The van der Waals surface area contributed by atoms with Gasteiger partial charge in [0.1, 0.15) is 0 Å². The lowest BCUT2D eigenvalue weighted by Crippen LogP contribution is -2.21. The highest BCUT2D eigenvalue weighted by Gasteiger charge is 2.14. The smallest absolute Gasteiger partial charge is 0.332 e. The minimum Gasteiger partial charge on any atom is -0.479 e. The SMILES string of the molecule is CCCCCCCCCC/C=C\CCCC(OC)C(=O)O. The molecule has 0 radical (unpaired) electrons. The third-order valence-corrected chi connectivity index (χ3v) is 3.79. The highest BCUT2D eigenvalue weighted by atomic mass is 16.5. The van der Waals surface area contributed by atoms with E-state index < -0.39 is 12.1 Å². The summed E-state index contributed by atoms with van der Waals surface area (Å²) in [5.74, 6) is -0.861. The van der Waals surface area contributed by atoms with Crippen molar-refractivity contribution in [3.05, 3.63) is 12.2 Å². The van der Waals surface area contributed by atoms with Crippen LogP contribution in [0.5, 0.6) is 0 Å². The van der Waals surface area contributed by atoms with Crippen LogP contribution in [-0.2, 0) is 9.53 Å². The third-order valence-electron chi connectivity index (χ3n) is 3.79. The van der Waals surface area contributed by atoms with Crippen LogP contribution in [0.15, 0.2) is 12.2 Å². The van der Waals surface area contributed by atoms with Gasteiger partial charge in [0.15, 0.2) is 6.10 Å². The third kappa shape index (κ3) is 13.9. The maximum atomic E-state index is 10.7. The number of carbonyl (C=O) groups is 1. The predicted molar refractivity (Wildman–Crippen MR) is 88.7 cm³/mol. The molecule has 0 fully saturated rings. The number of methoxy groups -OCH3 is 1. The summed E-state index contributed by atoms with van der Waals surface area (Å²) in [7, 11) is 1.46. The van der Waals surface area contributed by atoms with E-state index in [4.69, 9.17) is 9.84 Å². The largest absolute Gasteiger partial charge is 0.479 e. The fourth-order valence-electron chi connectivity index (χ4n) is 2.40. The second kappa shape index (κ2) is 15.6. The number of rotatable bonds is 15. The predicted octanol–water partition coefficient (Wildman–Crippen LogP) is 5.34. The number of unbranched alkanes of at least 4 members (excludes halogenated alkanes) is 9. The first-order valence-electron chi connectivity index (χ1n) is 8.63. The fraction of sp³-hybridized carbons (Fsp3) is 0.833. The van der Waals surface area contributed by atoms with E-state index in [1.807, 2.05) is 0 Å². The maximum absolute atomic E-state index is 10.7. The van der Waals surface area contributed by atoms with Gasteiger partial charge in [0.25, 0.3) is 0 Å². The van der Waals surface area contributed by atoms with Gasteiger partial charge in [-0.1, -0.05) is 64.0 Å². The Morgan fingerprint density at radius 2 is 1.48 bits per heavy atom. The molecular weight excluding hydrogens is 264 g/mol. The molecule has 1 N–H and O–H groups in total. The lowest BCUT2D eigenvalue weighted by atomic mass is 10.1. The van der Waals surface area contributed by atoms with Crippen molar-refractivity contribution in [2.75, 3.05) is 7.11 Å². The Bertz CT molecular complexity index is 261. The van der Waals surface area contributed by atoms with E-state index in [1.54, 1.807) is 0 Å². The summed E-state index contributed by atoms with van der Waals surface area (Å²) in [6.07, 6.45) is 18.2. The molecule has 124 valence electrons. The molecule has 3 heteroatoms. The lowest BCUT2D eigenvalue weighted by Gasteiger charge is -2.08. The van der Waals surface area contributed by atoms with Gasteiger partial charge >= 0.3 is 5.97 Å². The zero-order valence-electron chi connectivity index (χ0n) is 14.0. The summed E-state index contributed by atoms with van der Waals surface area (Å²) in [4.78, 5) is 10.7. The van der Waals surface area contributed by atoms with Crippen molar-refractivity contribution in [1.82, 2.24) is 0 Å². The van der Waals surface area contributed by atoms with Crippen molar-refractivity contribution < 1.29 is 14.6 Å². The number of ether oxygens (including phenoxy) is 1. The molecule has 1 atom stereocenters. The van der Waals surface area contributed by atoms with Crippen molar-refractivity contribution in [2.24, 2.45) is 0 Å². The highest BCUT2D eigenvalue weighted by Crippen LogP contribution is 2.10. The molecule has 0 aromatic carbocycles. The second-order valence-corrected chi connectivity index (χ2v) is 5.73. The molecule has 0 aliphatic rings. The molecule has 0 heterocycles. The molecule has 0 aromatic rings. The minimum absolute atomic E-state index is 0.591. The zero-order valence-corrected chi connectivity index (χ0v) is 14.0. The Balaban J connectivity index is 3.27. The molecule has 0 spiro atoms. The summed E-state index contributed by atoms with van der Waals surface area (Å²) >= 11 is 0. The molecule has 0 aliphatic carbocycles. The molecule has 0 saturated carbocycles. The molecule has 3 nitrogen and oxygen atoms in total. The van der Waals surface area contributed by atoms with Gasteiger partial charge < -0.3 is 9.84 Å². The van der Waals surface area contributed by atoms with Gasteiger partial charge in [0.05, 0.1) is 0 Å². The lowest BCUT2D eigenvalue weighted by molar-refractivity contribution is -0.148. The van der Waals surface area contributed by atoms with Crippen LogP contribution in [0.4, 0.5) is 0 Å². The molecule has 0 saturated heterocycles. The van der Waals surface area contributed by atoms with E-state index in [9.17, 15) is 4.79 Å². The Kier molecular flexibility index (Phi) is 14.9. The molecule has 0 rings (SSSR count). The number of carboxylic acids is 1. The summed E-state index contributed by atoms with van der Waals surface area (Å²) in [6, 6.07) is 0. The molecule has 1 unspecified atom stereocenters. The average molecular weight is 298 g/mol. The minimum atomic E-state index is -0.861. The molecule has 0 amide bonds. The van der Waals surface area contributed by atoms with Crippen LogP contribution in [0, 0.1) is 0 Å². The molecule has 21 heavy (non-hydrogen) atoms. The fourth-order valence-corrected chi connectivity index (χ4v) is 2.40. The maximum Gasteiger partial charge on any atom is 0.332 e. The Morgan fingerprint density at radius 3 is 2.00 bits per heavy atom. The van der Waals surface area contributed by atoms with E-state index in [1.165, 1.54) is 58.5 Å². The van der Waals surface area contributed by atoms with Gasteiger partial charge in [-0.25, -0.2) is 4.79 Å².